The van der Waals surface area contributed by atoms with E-state index in [1.807, 2.05) is 0 Å². The molecule has 0 spiro atoms. The molecule has 0 aromatic rings. The Kier molecular flexibility index (Phi) is 0.943. The zero-order valence-corrected chi connectivity index (χ0v) is 5.39. The second-order valence-electron chi connectivity index (χ2n) is 3.21. The minimum Gasteiger partial charge on any atom is -0.316 e. The molecule has 0 bridgehead atoms. The van der Waals surface area contributed by atoms with Crippen LogP contribution in [-0.4, -0.2) is 19.4 Å². The number of nitrogens with one attached hydrogen (secondary N) is 1. The second-order valence-corrected chi connectivity index (χ2v) is 3.21. The fourth-order valence-electron chi connectivity index (χ4n) is 1.78. The molecule has 1 aliphatic heterocycles. The monoisotopic (exact) mass is 125 g/mol. The summed E-state index contributed by atoms with van der Waals surface area (Å²) in [6, 6.07) is 0. The van der Waals surface area contributed by atoms with E-state index < -0.39 is 0 Å². The first-order chi connectivity index (χ1) is 4.37. The van der Waals surface area contributed by atoms with Gasteiger partial charge >= 0.3 is 0 Å². The average Bonchev–Trinajstić information content (AvgIpc) is 2.62. The molecule has 2 atom stereocenters. The van der Waals surface area contributed by atoms with E-state index in [4.69, 9.17) is 0 Å². The Morgan fingerprint density at radius 3 is 3.11 bits per heavy atom. The van der Waals surface area contributed by atoms with Crippen LogP contribution in [0.4, 0.5) is 0 Å². The van der Waals surface area contributed by atoms with Crippen LogP contribution in [0.3, 0.4) is 0 Å². The van der Waals surface area contributed by atoms with E-state index in [9.17, 15) is 4.79 Å². The Hall–Kier alpha value is -0.370. The molecule has 0 aromatic carbocycles. The van der Waals surface area contributed by atoms with Gasteiger partial charge in [0.2, 0.25) is 0 Å². The van der Waals surface area contributed by atoms with Crippen LogP contribution in [0, 0.1) is 11.3 Å². The molecule has 0 unspecified atom stereocenters. The van der Waals surface area contributed by atoms with Crippen molar-refractivity contribution in [3.63, 3.8) is 0 Å². The van der Waals surface area contributed by atoms with E-state index in [0.717, 1.165) is 25.9 Å². The summed E-state index contributed by atoms with van der Waals surface area (Å²) in [4.78, 5) is 10.5. The smallest absolute Gasteiger partial charge is 0.126 e. The standard InChI is InChI=1S/C7H11NO/c9-5-7-1-2-8-4-6(7)3-7/h5-6,8H,1-4H2/t6-,7-/m0/s1. The van der Waals surface area contributed by atoms with Crippen molar-refractivity contribution in [3.05, 3.63) is 0 Å². The molecule has 2 aliphatic rings. The Morgan fingerprint density at radius 1 is 1.67 bits per heavy atom. The molecule has 0 amide bonds. The molecule has 1 N–H and O–H groups in total. The van der Waals surface area contributed by atoms with E-state index in [2.05, 4.69) is 5.32 Å². The quantitative estimate of drug-likeness (QED) is 0.507. The van der Waals surface area contributed by atoms with Gasteiger partial charge in [0.05, 0.1) is 0 Å². The van der Waals surface area contributed by atoms with E-state index in [1.54, 1.807) is 0 Å². The summed E-state index contributed by atoms with van der Waals surface area (Å²) in [7, 11) is 0. The number of piperidine rings is 1. The number of hydrogen-bond acceptors (Lipinski definition) is 2. The molecule has 1 aliphatic carbocycles. The molecular weight excluding hydrogens is 114 g/mol. The van der Waals surface area contributed by atoms with Gasteiger partial charge in [-0.05, 0) is 31.8 Å². The Labute approximate surface area is 54.6 Å². The fraction of sp³-hybridized carbons (Fsp3) is 0.857. The third kappa shape index (κ3) is 0.628. The highest BCUT2D eigenvalue weighted by molar-refractivity contribution is 5.65. The van der Waals surface area contributed by atoms with E-state index in [-0.39, 0.29) is 5.41 Å². The van der Waals surface area contributed by atoms with Crippen molar-refractivity contribution < 1.29 is 4.79 Å². The van der Waals surface area contributed by atoms with Crippen LogP contribution in [-0.2, 0) is 4.79 Å². The molecule has 50 valence electrons. The molecule has 0 radical (unpaired) electrons. The maximum Gasteiger partial charge on any atom is 0.126 e. The summed E-state index contributed by atoms with van der Waals surface area (Å²) in [5.74, 6) is 0.684. The van der Waals surface area contributed by atoms with Crippen molar-refractivity contribution in [1.82, 2.24) is 5.32 Å². The normalized spacial score (nSPS) is 47.8. The fourth-order valence-corrected chi connectivity index (χ4v) is 1.78. The lowest BCUT2D eigenvalue weighted by Crippen LogP contribution is -2.29. The maximum absolute atomic E-state index is 10.5. The van der Waals surface area contributed by atoms with Crippen LogP contribution < -0.4 is 5.32 Å². The number of hydrogen-bond donors (Lipinski definition) is 1. The van der Waals surface area contributed by atoms with Gasteiger partial charge in [0.1, 0.15) is 6.29 Å². The minimum absolute atomic E-state index is 0.144. The molecule has 1 saturated heterocycles. The summed E-state index contributed by atoms with van der Waals surface area (Å²) in [5, 5.41) is 3.28. The molecular formula is C7H11NO. The van der Waals surface area contributed by atoms with Crippen LogP contribution in [0.25, 0.3) is 0 Å². The SMILES string of the molecule is O=C[C@@]12CCNC[C@@H]1C2. The van der Waals surface area contributed by atoms with E-state index >= 15 is 0 Å². The first kappa shape index (κ1) is 5.42. The van der Waals surface area contributed by atoms with Crippen LogP contribution in [0.5, 0.6) is 0 Å². The second kappa shape index (κ2) is 1.57. The van der Waals surface area contributed by atoms with Gasteiger partial charge in [0.15, 0.2) is 0 Å². The highest BCUT2D eigenvalue weighted by Gasteiger charge is 2.54. The predicted molar refractivity (Wildman–Crippen MR) is 34.1 cm³/mol. The van der Waals surface area contributed by atoms with Crippen molar-refractivity contribution in [2.75, 3.05) is 13.1 Å². The van der Waals surface area contributed by atoms with Crippen molar-refractivity contribution in [1.29, 1.82) is 0 Å². The summed E-state index contributed by atoms with van der Waals surface area (Å²) < 4.78 is 0. The third-order valence-corrected chi connectivity index (χ3v) is 2.67. The van der Waals surface area contributed by atoms with Gasteiger partial charge in [0, 0.05) is 5.41 Å². The van der Waals surface area contributed by atoms with Crippen LogP contribution in [0.2, 0.25) is 0 Å². The van der Waals surface area contributed by atoms with Crippen molar-refractivity contribution in [3.8, 4) is 0 Å². The molecule has 2 nitrogen and oxygen atoms in total. The zero-order chi connectivity index (χ0) is 6.32. The molecule has 1 saturated carbocycles. The third-order valence-electron chi connectivity index (χ3n) is 2.67. The average molecular weight is 125 g/mol. The Balaban J connectivity index is 2.09. The van der Waals surface area contributed by atoms with Crippen LogP contribution in [0.15, 0.2) is 0 Å². The first-order valence-corrected chi connectivity index (χ1v) is 3.54. The van der Waals surface area contributed by atoms with Gasteiger partial charge in [-0.25, -0.2) is 0 Å². The topological polar surface area (TPSA) is 29.1 Å². The van der Waals surface area contributed by atoms with Crippen LogP contribution >= 0.6 is 0 Å². The highest BCUT2D eigenvalue weighted by Crippen LogP contribution is 2.54. The Morgan fingerprint density at radius 2 is 2.56 bits per heavy atom. The number of rotatable bonds is 1. The van der Waals surface area contributed by atoms with Gasteiger partial charge in [0.25, 0.3) is 0 Å². The lowest BCUT2D eigenvalue weighted by molar-refractivity contribution is -0.113. The van der Waals surface area contributed by atoms with Crippen molar-refractivity contribution in [2.45, 2.75) is 12.8 Å². The number of aldehydes is 1. The van der Waals surface area contributed by atoms with Crippen LogP contribution in [0.1, 0.15) is 12.8 Å². The van der Waals surface area contributed by atoms with Gasteiger partial charge in [-0.3, -0.25) is 0 Å². The molecule has 2 fully saturated rings. The zero-order valence-electron chi connectivity index (χ0n) is 5.39. The van der Waals surface area contributed by atoms with Gasteiger partial charge < -0.3 is 10.1 Å². The van der Waals surface area contributed by atoms with Gasteiger partial charge in [-0.2, -0.15) is 0 Å². The largest absolute Gasteiger partial charge is 0.316 e. The number of fused-ring (bicyclic) bond motifs is 1. The summed E-state index contributed by atoms with van der Waals surface area (Å²) in [6.45, 7) is 2.11. The van der Waals surface area contributed by atoms with E-state index in [1.165, 1.54) is 6.29 Å². The summed E-state index contributed by atoms with van der Waals surface area (Å²) >= 11 is 0. The first-order valence-electron chi connectivity index (χ1n) is 3.54. The Bertz CT molecular complexity index is 146. The summed E-state index contributed by atoms with van der Waals surface area (Å²) in [6.07, 6.45) is 3.38. The molecule has 9 heavy (non-hydrogen) atoms. The van der Waals surface area contributed by atoms with Gasteiger partial charge in [-0.1, -0.05) is 0 Å². The van der Waals surface area contributed by atoms with E-state index in [0.29, 0.717) is 5.92 Å². The minimum atomic E-state index is 0.144. The highest BCUT2D eigenvalue weighted by atomic mass is 16.1. The lowest BCUT2D eigenvalue weighted by Gasteiger charge is -2.16. The number of carbonyl (C=O) groups is 1. The number of carbonyl (C=O) groups excluding carboxylic acids is 1. The molecule has 0 aromatic heterocycles. The maximum atomic E-state index is 10.5. The van der Waals surface area contributed by atoms with Crippen molar-refractivity contribution >= 4 is 6.29 Å². The predicted octanol–water partition coefficient (Wildman–Crippen LogP) is 0.185. The molecule has 2 heteroatoms. The summed E-state index contributed by atoms with van der Waals surface area (Å²) in [5.41, 5.74) is 0.144. The molecule has 2 rings (SSSR count). The van der Waals surface area contributed by atoms with Crippen molar-refractivity contribution in [2.24, 2.45) is 11.3 Å². The lowest BCUT2D eigenvalue weighted by atomic mass is 9.99. The van der Waals surface area contributed by atoms with Gasteiger partial charge in [-0.15, -0.1) is 0 Å². The molecule has 1 heterocycles.